The number of alkyl halides is 3. The van der Waals surface area contributed by atoms with Gasteiger partial charge in [0, 0.05) is 57.1 Å². The van der Waals surface area contributed by atoms with Crippen LogP contribution < -0.4 is 14.8 Å². The van der Waals surface area contributed by atoms with Gasteiger partial charge in [-0.3, -0.25) is 14.6 Å². The second kappa shape index (κ2) is 12.7. The average Bonchev–Trinajstić information content (AvgIpc) is 2.98. The van der Waals surface area contributed by atoms with Gasteiger partial charge in [0.2, 0.25) is 0 Å². The summed E-state index contributed by atoms with van der Waals surface area (Å²) in [5.41, 5.74) is 0.633. The van der Waals surface area contributed by atoms with Crippen molar-refractivity contribution in [1.82, 2.24) is 20.0 Å². The van der Waals surface area contributed by atoms with Gasteiger partial charge in [-0.25, -0.2) is 9.59 Å². The van der Waals surface area contributed by atoms with Gasteiger partial charge in [-0.2, -0.15) is 13.2 Å². The average molecular weight is 591 g/mol. The predicted molar refractivity (Wildman–Crippen MR) is 146 cm³/mol. The van der Waals surface area contributed by atoms with E-state index in [4.69, 9.17) is 14.2 Å². The highest BCUT2D eigenvalue weighted by Crippen LogP contribution is 2.35. The van der Waals surface area contributed by atoms with Crippen LogP contribution in [0, 0.1) is 0 Å². The Morgan fingerprint density at radius 2 is 1.57 bits per heavy atom. The monoisotopic (exact) mass is 590 g/mol. The molecule has 42 heavy (non-hydrogen) atoms. The zero-order valence-electron chi connectivity index (χ0n) is 23.8. The molecule has 1 saturated heterocycles. The smallest absolute Gasteiger partial charge is 0.416 e. The van der Waals surface area contributed by atoms with Gasteiger partial charge >= 0.3 is 18.2 Å². The zero-order valence-corrected chi connectivity index (χ0v) is 23.8. The van der Waals surface area contributed by atoms with Crippen molar-refractivity contribution >= 4 is 17.9 Å². The third-order valence-electron chi connectivity index (χ3n) is 7.27. The van der Waals surface area contributed by atoms with Crippen LogP contribution in [0.15, 0.2) is 53.7 Å². The second-order valence-corrected chi connectivity index (χ2v) is 9.81. The summed E-state index contributed by atoms with van der Waals surface area (Å²) in [6.07, 6.45) is -4.48. The van der Waals surface area contributed by atoms with E-state index in [-0.39, 0.29) is 30.2 Å². The Hall–Kier alpha value is -4.26. The summed E-state index contributed by atoms with van der Waals surface area (Å²) in [7, 11) is 4.57. The van der Waals surface area contributed by atoms with E-state index < -0.39 is 29.8 Å². The summed E-state index contributed by atoms with van der Waals surface area (Å²) in [6, 6.07) is 7.99. The van der Waals surface area contributed by atoms with E-state index in [1.165, 1.54) is 31.3 Å². The lowest BCUT2D eigenvalue weighted by atomic mass is 9.93. The number of urea groups is 1. The summed E-state index contributed by atoms with van der Waals surface area (Å²) in [6.45, 7) is 3.50. The molecule has 2 aromatic rings. The van der Waals surface area contributed by atoms with E-state index in [2.05, 4.69) is 5.32 Å². The Balaban J connectivity index is 1.57. The molecule has 2 aliphatic rings. The molecule has 0 spiro atoms. The van der Waals surface area contributed by atoms with Gasteiger partial charge in [0.05, 0.1) is 38.0 Å². The Morgan fingerprint density at radius 3 is 2.10 bits per heavy atom. The summed E-state index contributed by atoms with van der Waals surface area (Å²) in [5.74, 6) is 0.0190. The Labute approximate surface area is 241 Å². The number of benzene rings is 2. The fourth-order valence-electron chi connectivity index (χ4n) is 4.95. The number of likely N-dealkylation sites (N-methyl/N-ethyl adjacent to an activating group) is 1. The van der Waals surface area contributed by atoms with Crippen LogP contribution in [0.4, 0.5) is 18.0 Å². The molecule has 0 aliphatic carbocycles. The van der Waals surface area contributed by atoms with Crippen LogP contribution in [0.25, 0.3) is 0 Å². The maximum Gasteiger partial charge on any atom is 0.416 e. The molecule has 0 radical (unpaired) electrons. The van der Waals surface area contributed by atoms with Crippen molar-refractivity contribution in [3.63, 3.8) is 0 Å². The predicted octanol–water partition coefficient (Wildman–Crippen LogP) is 3.69. The molecular weight excluding hydrogens is 557 g/mol. The summed E-state index contributed by atoms with van der Waals surface area (Å²) >= 11 is 0. The number of halogens is 3. The number of methoxy groups -OCH3 is 2. The topological polar surface area (TPSA) is 101 Å². The molecule has 0 saturated carbocycles. The molecule has 1 unspecified atom stereocenters. The number of esters is 1. The van der Waals surface area contributed by atoms with Crippen molar-refractivity contribution in [2.45, 2.75) is 19.1 Å². The standard InChI is InChI=1S/C29H33F3N4O6/c1-5-42-27(38)24-23(34(2)28(39)33-25(24)19-14-21(40-3)16-22(15-19)41-4)17-35-10-12-36(13-11-35)26(37)18-6-8-20(9-7-18)29(30,31)32/h6-9,14-16,25H,5,10-13,17H2,1-4H3,(H,33,39). The molecule has 1 atom stereocenters. The van der Waals surface area contributed by atoms with Gasteiger partial charge in [0.15, 0.2) is 0 Å². The number of carbonyl (C=O) groups is 3. The molecule has 10 nitrogen and oxygen atoms in total. The van der Waals surface area contributed by atoms with Crippen molar-refractivity contribution in [2.24, 2.45) is 0 Å². The van der Waals surface area contributed by atoms with Crippen molar-refractivity contribution < 1.29 is 41.8 Å². The zero-order chi connectivity index (χ0) is 30.6. The number of nitrogens with zero attached hydrogens (tertiary/aromatic N) is 3. The van der Waals surface area contributed by atoms with Crippen LogP contribution in [0.5, 0.6) is 11.5 Å². The number of ether oxygens (including phenoxy) is 3. The van der Waals surface area contributed by atoms with Crippen molar-refractivity contribution in [1.29, 1.82) is 0 Å². The first-order chi connectivity index (χ1) is 20.0. The number of carbonyl (C=O) groups excluding carboxylic acids is 3. The molecule has 4 rings (SSSR count). The SMILES string of the molecule is CCOC(=O)C1=C(CN2CCN(C(=O)c3ccc(C(F)(F)F)cc3)CC2)N(C)C(=O)NC1c1cc(OC)cc(OC)c1. The molecular formula is C29H33F3N4O6. The lowest BCUT2D eigenvalue weighted by Crippen LogP contribution is -2.53. The molecule has 0 aromatic heterocycles. The number of nitrogens with one attached hydrogen (secondary N) is 1. The third-order valence-corrected chi connectivity index (χ3v) is 7.27. The highest BCUT2D eigenvalue weighted by molar-refractivity contribution is 5.95. The van der Waals surface area contributed by atoms with Crippen LogP contribution in [0.3, 0.4) is 0 Å². The normalized spacial score (nSPS) is 18.1. The Morgan fingerprint density at radius 1 is 0.976 bits per heavy atom. The number of rotatable bonds is 8. The number of piperazine rings is 1. The Kier molecular flexibility index (Phi) is 9.30. The van der Waals surface area contributed by atoms with Crippen LogP contribution in [-0.4, -0.2) is 93.2 Å². The van der Waals surface area contributed by atoms with E-state index in [1.54, 1.807) is 37.1 Å². The van der Waals surface area contributed by atoms with Crippen molar-refractivity contribution in [2.75, 3.05) is 60.6 Å². The maximum absolute atomic E-state index is 13.3. The minimum absolute atomic E-state index is 0.131. The molecule has 1 N–H and O–H groups in total. The van der Waals surface area contributed by atoms with Crippen LogP contribution in [0.1, 0.15) is 34.5 Å². The second-order valence-electron chi connectivity index (χ2n) is 9.81. The number of amides is 3. The molecule has 0 bridgehead atoms. The van der Waals surface area contributed by atoms with E-state index in [0.29, 0.717) is 48.9 Å². The first-order valence-corrected chi connectivity index (χ1v) is 13.3. The molecule has 2 aliphatic heterocycles. The van der Waals surface area contributed by atoms with Gasteiger partial charge in [-0.15, -0.1) is 0 Å². The minimum Gasteiger partial charge on any atom is -0.497 e. The van der Waals surface area contributed by atoms with Gasteiger partial charge in [-0.1, -0.05) is 0 Å². The van der Waals surface area contributed by atoms with E-state index >= 15 is 0 Å². The van der Waals surface area contributed by atoms with Crippen molar-refractivity contribution in [3.05, 3.63) is 70.4 Å². The molecule has 226 valence electrons. The van der Waals surface area contributed by atoms with Crippen LogP contribution >= 0.6 is 0 Å². The van der Waals surface area contributed by atoms with Crippen molar-refractivity contribution in [3.8, 4) is 11.5 Å². The largest absolute Gasteiger partial charge is 0.497 e. The van der Waals surface area contributed by atoms with Gasteiger partial charge in [-0.05, 0) is 48.9 Å². The van der Waals surface area contributed by atoms with Gasteiger partial charge in [0.1, 0.15) is 11.5 Å². The van der Waals surface area contributed by atoms with E-state index in [1.807, 2.05) is 4.90 Å². The van der Waals surface area contributed by atoms with Gasteiger partial charge < -0.3 is 24.4 Å². The van der Waals surface area contributed by atoms with Gasteiger partial charge in [0.25, 0.3) is 5.91 Å². The molecule has 2 aromatic carbocycles. The first kappa shape index (κ1) is 30.7. The van der Waals surface area contributed by atoms with E-state index in [9.17, 15) is 27.6 Å². The lowest BCUT2D eigenvalue weighted by Gasteiger charge is -2.39. The third kappa shape index (κ3) is 6.62. The maximum atomic E-state index is 13.3. The quantitative estimate of drug-likeness (QED) is 0.468. The van der Waals surface area contributed by atoms with E-state index in [0.717, 1.165) is 12.1 Å². The highest BCUT2D eigenvalue weighted by Gasteiger charge is 2.38. The number of hydrogen-bond acceptors (Lipinski definition) is 7. The highest BCUT2D eigenvalue weighted by atomic mass is 19.4. The minimum atomic E-state index is -4.48. The molecule has 1 fully saturated rings. The fraction of sp³-hybridized carbons (Fsp3) is 0.414. The van der Waals surface area contributed by atoms with Crippen LogP contribution in [-0.2, 0) is 15.7 Å². The molecule has 13 heteroatoms. The number of hydrogen-bond donors (Lipinski definition) is 1. The Bertz CT molecular complexity index is 1330. The summed E-state index contributed by atoms with van der Waals surface area (Å²) in [4.78, 5) is 44.3. The lowest BCUT2D eigenvalue weighted by molar-refractivity contribution is -0.139. The first-order valence-electron chi connectivity index (χ1n) is 13.3. The van der Waals surface area contributed by atoms with Crippen LogP contribution in [0.2, 0.25) is 0 Å². The summed E-state index contributed by atoms with van der Waals surface area (Å²) < 4.78 is 54.9. The molecule has 2 heterocycles. The summed E-state index contributed by atoms with van der Waals surface area (Å²) in [5, 5.41) is 2.87. The fourth-order valence-corrected chi connectivity index (χ4v) is 4.95. The molecule has 3 amide bonds.